The van der Waals surface area contributed by atoms with E-state index in [9.17, 15) is 9.90 Å². The third-order valence-electron chi connectivity index (χ3n) is 4.20. The fourth-order valence-corrected chi connectivity index (χ4v) is 2.76. The molecule has 0 aliphatic heterocycles. The van der Waals surface area contributed by atoms with Gasteiger partial charge in [0.15, 0.2) is 0 Å². The van der Waals surface area contributed by atoms with Crippen molar-refractivity contribution in [3.05, 3.63) is 65.7 Å². The Morgan fingerprint density at radius 2 is 1.74 bits per heavy atom. The fourth-order valence-electron chi connectivity index (χ4n) is 2.76. The quantitative estimate of drug-likeness (QED) is 0.385. The lowest BCUT2D eigenvalue weighted by Gasteiger charge is -2.13. The zero-order valence-corrected chi connectivity index (χ0v) is 16.2. The Kier molecular flexibility index (Phi) is 8.08. The predicted octanol–water partition coefficient (Wildman–Crippen LogP) is 4.34. The third-order valence-corrected chi connectivity index (χ3v) is 4.20. The van der Waals surface area contributed by atoms with Gasteiger partial charge in [-0.3, -0.25) is 0 Å². The van der Waals surface area contributed by atoms with E-state index >= 15 is 0 Å². The van der Waals surface area contributed by atoms with E-state index in [1.807, 2.05) is 18.2 Å². The molecule has 4 nitrogen and oxygen atoms in total. The maximum atomic E-state index is 11.4. The van der Waals surface area contributed by atoms with E-state index in [4.69, 9.17) is 9.47 Å². The minimum atomic E-state index is -0.421. The minimum Gasteiger partial charge on any atom is -0.490 e. The van der Waals surface area contributed by atoms with E-state index in [2.05, 4.69) is 37.8 Å². The molecule has 0 heterocycles. The molecule has 0 amide bonds. The predicted molar refractivity (Wildman–Crippen MR) is 108 cm³/mol. The molecule has 0 unspecified atom stereocenters. The molecule has 0 aliphatic rings. The van der Waals surface area contributed by atoms with Gasteiger partial charge in [0, 0.05) is 12.2 Å². The minimum absolute atomic E-state index is 0.0477. The van der Waals surface area contributed by atoms with Crippen LogP contribution in [-0.2, 0) is 22.4 Å². The Hall–Kier alpha value is -2.59. The molecule has 0 atom stereocenters. The molecule has 0 radical (unpaired) electrons. The smallest absolute Gasteiger partial charge is 0.333 e. The van der Waals surface area contributed by atoms with E-state index in [0.717, 1.165) is 29.5 Å². The van der Waals surface area contributed by atoms with Crippen molar-refractivity contribution < 1.29 is 19.4 Å². The number of hydrogen-bond donors (Lipinski definition) is 1. The van der Waals surface area contributed by atoms with E-state index in [1.165, 1.54) is 5.56 Å². The Morgan fingerprint density at radius 3 is 2.37 bits per heavy atom. The van der Waals surface area contributed by atoms with Gasteiger partial charge in [0.05, 0.1) is 0 Å². The second kappa shape index (κ2) is 10.5. The summed E-state index contributed by atoms with van der Waals surface area (Å²) < 4.78 is 10.9. The topological polar surface area (TPSA) is 55.8 Å². The van der Waals surface area contributed by atoms with Crippen molar-refractivity contribution in [2.24, 2.45) is 0 Å². The maximum absolute atomic E-state index is 11.4. The van der Waals surface area contributed by atoms with Crippen LogP contribution in [0, 0.1) is 0 Å². The number of aliphatic hydroxyl groups is 1. The number of hydrogen-bond acceptors (Lipinski definition) is 4. The Bertz CT molecular complexity index is 762. The highest BCUT2D eigenvalue weighted by atomic mass is 16.6. The van der Waals surface area contributed by atoms with Crippen LogP contribution in [0.25, 0.3) is 11.1 Å². The van der Waals surface area contributed by atoms with Gasteiger partial charge in [-0.1, -0.05) is 56.3 Å². The van der Waals surface area contributed by atoms with Crippen LogP contribution in [0.2, 0.25) is 0 Å². The number of ether oxygens (including phenoxy) is 2. The normalized spacial score (nSPS) is 10.5. The first kappa shape index (κ1) is 20.7. The summed E-state index contributed by atoms with van der Waals surface area (Å²) in [4.78, 5) is 11.4. The molecule has 0 fully saturated rings. The van der Waals surface area contributed by atoms with Gasteiger partial charge in [-0.15, -0.1) is 0 Å². The summed E-state index contributed by atoms with van der Waals surface area (Å²) in [6.07, 6.45) is 2.72. The fraction of sp³-hybridized carbons (Fsp3) is 0.348. The zero-order chi connectivity index (χ0) is 19.6. The molecule has 0 bridgehead atoms. The SMILES string of the molecule is C=C(C)C(=O)OCCOc1cc(-c2ccc(CCC)cc2)ccc1CCO. The molecule has 27 heavy (non-hydrogen) atoms. The van der Waals surface area contributed by atoms with Crippen molar-refractivity contribution in [1.29, 1.82) is 0 Å². The molecule has 0 saturated heterocycles. The van der Waals surface area contributed by atoms with E-state index < -0.39 is 5.97 Å². The highest BCUT2D eigenvalue weighted by Crippen LogP contribution is 2.28. The average molecular weight is 368 g/mol. The van der Waals surface area contributed by atoms with Crippen molar-refractivity contribution in [3.63, 3.8) is 0 Å². The van der Waals surface area contributed by atoms with Crippen molar-refractivity contribution in [1.82, 2.24) is 0 Å². The monoisotopic (exact) mass is 368 g/mol. The number of aryl methyl sites for hydroxylation is 1. The number of aliphatic hydroxyl groups excluding tert-OH is 1. The molecule has 0 aromatic heterocycles. The summed E-state index contributed by atoms with van der Waals surface area (Å²) in [5, 5.41) is 9.28. The number of esters is 1. The van der Waals surface area contributed by atoms with Gasteiger partial charge in [-0.25, -0.2) is 4.79 Å². The molecule has 0 saturated carbocycles. The van der Waals surface area contributed by atoms with Gasteiger partial charge >= 0.3 is 5.97 Å². The lowest BCUT2D eigenvalue weighted by atomic mass is 10.00. The summed E-state index contributed by atoms with van der Waals surface area (Å²) >= 11 is 0. The number of rotatable bonds is 10. The Labute approximate surface area is 161 Å². The molecule has 144 valence electrons. The van der Waals surface area contributed by atoms with Crippen molar-refractivity contribution >= 4 is 5.97 Å². The zero-order valence-electron chi connectivity index (χ0n) is 16.2. The van der Waals surface area contributed by atoms with Gasteiger partial charge in [0.2, 0.25) is 0 Å². The molecule has 0 aliphatic carbocycles. The van der Waals surface area contributed by atoms with Crippen LogP contribution in [0.5, 0.6) is 5.75 Å². The highest BCUT2D eigenvalue weighted by molar-refractivity contribution is 5.86. The first-order valence-electron chi connectivity index (χ1n) is 9.33. The van der Waals surface area contributed by atoms with Crippen molar-refractivity contribution in [3.8, 4) is 16.9 Å². The molecular weight excluding hydrogens is 340 g/mol. The molecule has 2 aromatic rings. The Balaban J connectivity index is 2.10. The van der Waals surface area contributed by atoms with Crippen LogP contribution < -0.4 is 4.74 Å². The summed E-state index contributed by atoms with van der Waals surface area (Å²) in [6.45, 7) is 7.78. The standard InChI is InChI=1S/C23H28O4/c1-4-5-18-6-8-19(9-7-18)21-11-10-20(12-13-24)22(16-21)26-14-15-27-23(25)17(2)3/h6-11,16,24H,2,4-5,12-15H2,1,3H3. The molecular formula is C23H28O4. The second-order valence-corrected chi connectivity index (χ2v) is 6.51. The first-order chi connectivity index (χ1) is 13.0. The number of carbonyl (C=O) groups excluding carboxylic acids is 1. The van der Waals surface area contributed by atoms with Gasteiger partial charge in [-0.2, -0.15) is 0 Å². The van der Waals surface area contributed by atoms with Gasteiger partial charge in [0.1, 0.15) is 19.0 Å². The molecule has 2 aromatic carbocycles. The third kappa shape index (κ3) is 6.26. The molecule has 4 heteroatoms. The van der Waals surface area contributed by atoms with Crippen LogP contribution in [0.15, 0.2) is 54.6 Å². The molecule has 0 spiro atoms. The first-order valence-corrected chi connectivity index (χ1v) is 9.33. The van der Waals surface area contributed by atoms with Crippen LogP contribution in [0.1, 0.15) is 31.4 Å². The van der Waals surface area contributed by atoms with Crippen molar-refractivity contribution in [2.75, 3.05) is 19.8 Å². The van der Waals surface area contributed by atoms with Crippen LogP contribution in [-0.4, -0.2) is 30.9 Å². The molecule has 2 rings (SSSR count). The maximum Gasteiger partial charge on any atom is 0.333 e. The van der Waals surface area contributed by atoms with Gasteiger partial charge < -0.3 is 14.6 Å². The summed E-state index contributed by atoms with van der Waals surface area (Å²) in [5.74, 6) is 0.278. The second-order valence-electron chi connectivity index (χ2n) is 6.51. The number of carbonyl (C=O) groups is 1. The van der Waals surface area contributed by atoms with Crippen LogP contribution in [0.3, 0.4) is 0 Å². The highest BCUT2D eigenvalue weighted by Gasteiger charge is 2.08. The van der Waals surface area contributed by atoms with E-state index in [0.29, 0.717) is 17.7 Å². The molecule has 1 N–H and O–H groups in total. The van der Waals surface area contributed by atoms with Crippen LogP contribution >= 0.6 is 0 Å². The van der Waals surface area contributed by atoms with Crippen LogP contribution in [0.4, 0.5) is 0 Å². The largest absolute Gasteiger partial charge is 0.490 e. The summed E-state index contributed by atoms with van der Waals surface area (Å²) in [7, 11) is 0. The van der Waals surface area contributed by atoms with Crippen molar-refractivity contribution in [2.45, 2.75) is 33.1 Å². The summed E-state index contributed by atoms with van der Waals surface area (Å²) in [5.41, 5.74) is 4.78. The number of benzene rings is 2. The average Bonchev–Trinajstić information content (AvgIpc) is 2.67. The van der Waals surface area contributed by atoms with E-state index in [1.54, 1.807) is 6.92 Å². The lowest BCUT2D eigenvalue weighted by Crippen LogP contribution is -2.13. The van der Waals surface area contributed by atoms with Gasteiger partial charge in [-0.05, 0) is 48.1 Å². The summed E-state index contributed by atoms with van der Waals surface area (Å²) in [6, 6.07) is 14.5. The lowest BCUT2D eigenvalue weighted by molar-refractivity contribution is -0.139. The van der Waals surface area contributed by atoms with Gasteiger partial charge in [0.25, 0.3) is 0 Å². The van der Waals surface area contributed by atoms with E-state index in [-0.39, 0.29) is 19.8 Å². The Morgan fingerprint density at radius 1 is 1.04 bits per heavy atom.